The van der Waals surface area contributed by atoms with Crippen LogP contribution in [0, 0.1) is 0 Å². The fraction of sp³-hybridized carbons (Fsp3) is 0.462. The van der Waals surface area contributed by atoms with Crippen LogP contribution in [0.25, 0.3) is 0 Å². The van der Waals surface area contributed by atoms with Crippen molar-refractivity contribution in [1.82, 2.24) is 0 Å². The summed E-state index contributed by atoms with van der Waals surface area (Å²) in [6.45, 7) is 8.58. The van der Waals surface area contributed by atoms with Gasteiger partial charge in [0.25, 0.3) is 0 Å². The van der Waals surface area contributed by atoms with Crippen LogP contribution in [0.15, 0.2) is 35.3 Å². The van der Waals surface area contributed by atoms with Gasteiger partial charge in [-0.15, -0.1) is 0 Å². The Morgan fingerprint density at radius 2 is 1.69 bits per heavy atom. The quantitative estimate of drug-likeness (QED) is 0.425. The molecule has 1 aromatic carbocycles. The van der Waals surface area contributed by atoms with Gasteiger partial charge < -0.3 is 0 Å². The zero-order valence-electron chi connectivity index (χ0n) is 10.9. The molecule has 0 fully saturated rings. The summed E-state index contributed by atoms with van der Waals surface area (Å²) in [5.74, 6) is 0. The number of aliphatic imine (C=N–C) groups is 1. The van der Waals surface area contributed by atoms with Crippen molar-refractivity contribution in [3.05, 3.63) is 30.3 Å². The van der Waals surface area contributed by atoms with Crippen LogP contribution in [0.3, 0.4) is 0 Å². The monoisotopic (exact) mass is 210 g/mol. The second kappa shape index (κ2) is 6.13. The molecule has 1 rings (SSSR count). The second-order valence-electron chi connectivity index (χ2n) is 4.57. The first-order valence-electron chi connectivity index (χ1n) is 5.91. The Bertz CT molecular complexity index is 344. The number of nitrogens with zero attached hydrogens (tertiary/aromatic N) is 2. The Morgan fingerprint density at radius 1 is 1.12 bits per heavy atom. The van der Waals surface area contributed by atoms with E-state index in [1.54, 1.807) is 0 Å². The van der Waals surface area contributed by atoms with Gasteiger partial charge in [-0.2, -0.15) is 0 Å². The minimum atomic E-state index is 0.338. The van der Waals surface area contributed by atoms with Gasteiger partial charge in [-0.25, -0.2) is 0 Å². The molecule has 0 aliphatic carbocycles. The summed E-state index contributed by atoms with van der Waals surface area (Å²) < 4.78 is 1.08. The van der Waals surface area contributed by atoms with Gasteiger partial charge in [0.05, 0.1) is 0 Å². The molecule has 1 aromatic rings. The van der Waals surface area contributed by atoms with Gasteiger partial charge in [0.15, 0.2) is 0 Å². The molecule has 0 aliphatic rings. The molecule has 3 heteroatoms. The van der Waals surface area contributed by atoms with Gasteiger partial charge in [0.1, 0.15) is 0 Å². The number of anilines is 1. The van der Waals surface area contributed by atoms with Gasteiger partial charge in [0.2, 0.25) is 0 Å². The molecule has 0 aliphatic heterocycles. The number of para-hydroxylation sites is 1. The fourth-order valence-electron chi connectivity index (χ4n) is 1.88. The van der Waals surface area contributed by atoms with Gasteiger partial charge in [-0.05, 0) is 0 Å². The molecule has 16 heavy (non-hydrogen) atoms. The van der Waals surface area contributed by atoms with Crippen LogP contribution in [0.4, 0.5) is 5.69 Å². The van der Waals surface area contributed by atoms with E-state index in [2.05, 4.69) is 79.6 Å². The predicted molar refractivity (Wildman–Crippen MR) is 72.4 cm³/mol. The van der Waals surface area contributed by atoms with Crippen LogP contribution in [-0.4, -0.2) is 34.3 Å². The number of benzene rings is 1. The Morgan fingerprint density at radius 3 is 2.12 bits per heavy atom. The molecule has 0 N–H and O–H groups in total. The topological polar surface area (TPSA) is 15.6 Å². The molecule has 0 saturated heterocycles. The molecule has 0 saturated carbocycles. The third-order valence-electron chi connectivity index (χ3n) is 2.34. The van der Waals surface area contributed by atoms with Crippen molar-refractivity contribution in [2.45, 2.75) is 39.8 Å². The van der Waals surface area contributed by atoms with Crippen LogP contribution in [-0.2, 0) is 0 Å². The summed E-state index contributed by atoms with van der Waals surface area (Å²) in [5, 5.41) is 0. The minimum absolute atomic E-state index is 0.338. The normalized spacial score (nSPS) is 12.4. The molecule has 0 unspecified atom stereocenters. The summed E-state index contributed by atoms with van der Waals surface area (Å²) in [5.41, 5.74) is 1.21. The molecule has 0 radical (unpaired) electrons. The van der Waals surface area contributed by atoms with E-state index >= 15 is 0 Å². The number of amidine groups is 1. The Kier molecular flexibility index (Phi) is 5.11. The zero-order chi connectivity index (χ0) is 12.1. The van der Waals surface area contributed by atoms with Crippen molar-refractivity contribution in [2.24, 2.45) is 4.99 Å². The van der Waals surface area contributed by atoms with E-state index in [4.69, 9.17) is 0 Å². The van der Waals surface area contributed by atoms with Gasteiger partial charge in [-0.1, -0.05) is 0 Å². The molecule has 0 spiro atoms. The average Bonchev–Trinajstić information content (AvgIpc) is 2.17. The fourth-order valence-corrected chi connectivity index (χ4v) is 1.88. The molecular formula is C13H19LiN2. The van der Waals surface area contributed by atoms with E-state index in [1.165, 1.54) is 5.69 Å². The van der Waals surface area contributed by atoms with Gasteiger partial charge >= 0.3 is 108 Å². The standard InChI is InChI=1S/C13H19N2.Li/c1-11(2)14-10-15(12(3)4)13-8-6-5-7-9-13;/h5-9,11-12H,1-4H3;. The molecule has 0 heterocycles. The van der Waals surface area contributed by atoms with Crippen molar-refractivity contribution in [2.75, 3.05) is 4.90 Å². The number of hydrogen-bond acceptors (Lipinski definition) is 1. The summed E-state index contributed by atoms with van der Waals surface area (Å²) in [6.07, 6.45) is 0. The van der Waals surface area contributed by atoms with Crippen LogP contribution in [0.1, 0.15) is 27.7 Å². The average molecular weight is 210 g/mol. The molecule has 0 amide bonds. The first-order chi connectivity index (χ1) is 7.52. The van der Waals surface area contributed by atoms with E-state index < -0.39 is 0 Å². The molecule has 0 bridgehead atoms. The number of hydrogen-bond donors (Lipinski definition) is 0. The molecule has 2 nitrogen and oxygen atoms in total. The summed E-state index contributed by atoms with van der Waals surface area (Å²) in [6, 6.07) is 11.2. The summed E-state index contributed by atoms with van der Waals surface area (Å²) in [7, 11) is 0. The molecule has 0 atom stereocenters. The van der Waals surface area contributed by atoms with Crippen molar-refractivity contribution in [3.8, 4) is 0 Å². The van der Waals surface area contributed by atoms with Crippen LogP contribution in [0.5, 0.6) is 0 Å². The maximum atomic E-state index is 4.62. The maximum absolute atomic E-state index is 4.62. The van der Waals surface area contributed by atoms with Crippen LogP contribution in [0.2, 0.25) is 0 Å². The first-order valence-corrected chi connectivity index (χ1v) is 5.91. The van der Waals surface area contributed by atoms with Crippen molar-refractivity contribution in [1.29, 1.82) is 0 Å². The predicted octanol–water partition coefficient (Wildman–Crippen LogP) is 2.83. The molecule has 82 valence electrons. The summed E-state index contributed by atoms with van der Waals surface area (Å²) in [4.78, 5) is 6.88. The van der Waals surface area contributed by atoms with E-state index in [0.717, 1.165) is 4.51 Å². The van der Waals surface area contributed by atoms with Crippen molar-refractivity contribution in [3.63, 3.8) is 0 Å². The zero-order valence-corrected chi connectivity index (χ0v) is 10.9. The van der Waals surface area contributed by atoms with Gasteiger partial charge in [0, 0.05) is 0 Å². The van der Waals surface area contributed by atoms with E-state index in [0.29, 0.717) is 12.1 Å². The summed E-state index contributed by atoms with van der Waals surface area (Å²) >= 11 is 2.08. The SMILES string of the molecule is [Li][C](=NC(C)C)N(c1ccccc1)C(C)C. The number of rotatable bonds is 3. The van der Waals surface area contributed by atoms with E-state index in [1.807, 2.05) is 6.07 Å². The Balaban J connectivity index is 3.01. The van der Waals surface area contributed by atoms with Crippen molar-refractivity contribution >= 4 is 27.9 Å². The third kappa shape index (κ3) is 3.70. The van der Waals surface area contributed by atoms with Crippen LogP contribution < -0.4 is 4.90 Å². The molecule has 0 aromatic heterocycles. The first kappa shape index (κ1) is 13.4. The Hall–Kier alpha value is -0.713. The van der Waals surface area contributed by atoms with Gasteiger partial charge in [-0.3, -0.25) is 0 Å². The van der Waals surface area contributed by atoms with E-state index in [-0.39, 0.29) is 0 Å². The van der Waals surface area contributed by atoms with Crippen molar-refractivity contribution < 1.29 is 0 Å². The van der Waals surface area contributed by atoms with Crippen LogP contribution >= 0.6 is 0 Å². The Labute approximate surface area is 108 Å². The molecular weight excluding hydrogens is 191 g/mol. The third-order valence-corrected chi connectivity index (χ3v) is 2.34. The second-order valence-corrected chi connectivity index (χ2v) is 4.57. The van der Waals surface area contributed by atoms with E-state index in [9.17, 15) is 0 Å².